The van der Waals surface area contributed by atoms with E-state index in [1.54, 1.807) is 4.57 Å². The minimum atomic E-state index is 0.242. The van der Waals surface area contributed by atoms with Gasteiger partial charge in [0, 0.05) is 12.6 Å². The van der Waals surface area contributed by atoms with Crippen LogP contribution in [-0.4, -0.2) is 14.5 Å². The number of halogens is 1. The Labute approximate surface area is 104 Å². The van der Waals surface area contributed by atoms with Gasteiger partial charge in [0.25, 0.3) is 0 Å². The number of hydrogen-bond donors (Lipinski definition) is 1. The molecule has 5 heteroatoms. The Bertz CT molecular complexity index is 534. The molecule has 0 amide bonds. The summed E-state index contributed by atoms with van der Waals surface area (Å²) in [5.41, 5.74) is 7.38. The lowest BCUT2D eigenvalue weighted by Crippen LogP contribution is -2.15. The van der Waals surface area contributed by atoms with Crippen molar-refractivity contribution in [3.8, 4) is 11.3 Å². The van der Waals surface area contributed by atoms with E-state index in [0.717, 1.165) is 11.3 Å². The van der Waals surface area contributed by atoms with E-state index in [1.165, 1.54) is 0 Å². The van der Waals surface area contributed by atoms with Crippen LogP contribution in [0.25, 0.3) is 11.3 Å². The van der Waals surface area contributed by atoms with Gasteiger partial charge < -0.3 is 10.3 Å². The van der Waals surface area contributed by atoms with Crippen LogP contribution in [0.4, 0.5) is 0 Å². The zero-order valence-corrected chi connectivity index (χ0v) is 10.2. The molecular formula is C11H10ClN3S. The summed E-state index contributed by atoms with van der Waals surface area (Å²) in [6.07, 6.45) is 0. The number of benzene rings is 1. The molecule has 0 fully saturated rings. The Kier molecular flexibility index (Phi) is 2.94. The monoisotopic (exact) mass is 251 g/mol. The molecule has 0 unspecified atom stereocenters. The number of nitrogens with two attached hydrogens (primary N) is 1. The van der Waals surface area contributed by atoms with Crippen molar-refractivity contribution < 1.29 is 0 Å². The number of nitrogens with zero attached hydrogens (tertiary/aromatic N) is 2. The Morgan fingerprint density at radius 2 is 2.00 bits per heavy atom. The number of aromatic nitrogens is 2. The zero-order chi connectivity index (χ0) is 11.7. The van der Waals surface area contributed by atoms with E-state index < -0.39 is 0 Å². The van der Waals surface area contributed by atoms with Crippen molar-refractivity contribution in [2.45, 2.75) is 0 Å². The molecule has 1 heterocycles. The Hall–Kier alpha value is -1.39. The van der Waals surface area contributed by atoms with Gasteiger partial charge in [0.1, 0.15) is 4.99 Å². The molecule has 1 aromatic heterocycles. The molecule has 0 aliphatic carbocycles. The number of imidazole rings is 1. The average Bonchev–Trinajstić information content (AvgIpc) is 2.56. The molecule has 0 saturated carbocycles. The maximum atomic E-state index is 6.08. The maximum Gasteiger partial charge on any atom is 0.169 e. The minimum Gasteiger partial charge on any atom is -0.387 e. The van der Waals surface area contributed by atoms with Gasteiger partial charge in [0.15, 0.2) is 11.0 Å². The van der Waals surface area contributed by atoms with Crippen molar-refractivity contribution >= 4 is 28.8 Å². The van der Waals surface area contributed by atoms with Crippen LogP contribution in [0.3, 0.4) is 0 Å². The second-order valence-corrected chi connectivity index (χ2v) is 4.16. The van der Waals surface area contributed by atoms with Crippen LogP contribution in [0.1, 0.15) is 5.82 Å². The molecule has 0 aliphatic heterocycles. The molecule has 0 atom stereocenters. The predicted molar refractivity (Wildman–Crippen MR) is 69.5 cm³/mol. The molecular weight excluding hydrogens is 242 g/mol. The van der Waals surface area contributed by atoms with E-state index in [9.17, 15) is 0 Å². The van der Waals surface area contributed by atoms with Crippen LogP contribution in [0.2, 0.25) is 5.15 Å². The van der Waals surface area contributed by atoms with Crippen LogP contribution in [0, 0.1) is 0 Å². The average molecular weight is 252 g/mol. The molecule has 1 aromatic carbocycles. The molecule has 2 N–H and O–H groups in total. The highest BCUT2D eigenvalue weighted by atomic mass is 35.5. The first-order valence-corrected chi connectivity index (χ1v) is 5.47. The van der Waals surface area contributed by atoms with Gasteiger partial charge in [-0.15, -0.1) is 0 Å². The van der Waals surface area contributed by atoms with E-state index in [0.29, 0.717) is 11.0 Å². The Balaban J connectivity index is 2.63. The summed E-state index contributed by atoms with van der Waals surface area (Å²) < 4.78 is 1.81. The molecule has 0 radical (unpaired) electrons. The van der Waals surface area contributed by atoms with Crippen LogP contribution in [-0.2, 0) is 7.05 Å². The van der Waals surface area contributed by atoms with Crippen LogP contribution < -0.4 is 5.73 Å². The van der Waals surface area contributed by atoms with Gasteiger partial charge in [-0.3, -0.25) is 0 Å². The second-order valence-electron chi connectivity index (χ2n) is 3.36. The molecule has 0 bridgehead atoms. The van der Waals surface area contributed by atoms with Crippen molar-refractivity contribution in [3.63, 3.8) is 0 Å². The van der Waals surface area contributed by atoms with E-state index in [1.807, 2.05) is 37.4 Å². The van der Waals surface area contributed by atoms with Crippen molar-refractivity contribution in [2.75, 3.05) is 0 Å². The van der Waals surface area contributed by atoms with Crippen LogP contribution in [0.15, 0.2) is 30.3 Å². The van der Waals surface area contributed by atoms with Crippen molar-refractivity contribution in [1.29, 1.82) is 0 Å². The lowest BCUT2D eigenvalue weighted by atomic mass is 10.2. The highest BCUT2D eigenvalue weighted by Crippen LogP contribution is 2.27. The minimum absolute atomic E-state index is 0.242. The topological polar surface area (TPSA) is 43.8 Å². The second kappa shape index (κ2) is 4.23. The Morgan fingerprint density at radius 3 is 2.50 bits per heavy atom. The van der Waals surface area contributed by atoms with Gasteiger partial charge in [-0.05, 0) is 0 Å². The highest BCUT2D eigenvalue weighted by molar-refractivity contribution is 7.80. The van der Waals surface area contributed by atoms with Crippen LogP contribution >= 0.6 is 23.8 Å². The summed E-state index contributed by atoms with van der Waals surface area (Å²) >= 11 is 11.0. The molecule has 0 saturated heterocycles. The summed E-state index contributed by atoms with van der Waals surface area (Å²) in [5.74, 6) is 0.527. The number of hydrogen-bond acceptors (Lipinski definition) is 2. The lowest BCUT2D eigenvalue weighted by molar-refractivity contribution is 0.906. The molecule has 2 aromatic rings. The largest absolute Gasteiger partial charge is 0.387 e. The van der Waals surface area contributed by atoms with E-state index in [4.69, 9.17) is 29.6 Å². The SMILES string of the molecule is Cn1c(C(N)=S)nc(Cl)c1-c1ccccc1. The third-order valence-electron chi connectivity index (χ3n) is 2.32. The molecule has 3 nitrogen and oxygen atoms in total. The molecule has 82 valence electrons. The van der Waals surface area contributed by atoms with Gasteiger partial charge in [0.05, 0.1) is 5.69 Å². The van der Waals surface area contributed by atoms with Crippen molar-refractivity contribution in [1.82, 2.24) is 9.55 Å². The summed E-state index contributed by atoms with van der Waals surface area (Å²) in [6, 6.07) is 9.76. The van der Waals surface area contributed by atoms with Gasteiger partial charge in [-0.1, -0.05) is 54.2 Å². The molecule has 16 heavy (non-hydrogen) atoms. The van der Waals surface area contributed by atoms with Gasteiger partial charge in [-0.2, -0.15) is 0 Å². The number of thiocarbonyl (C=S) groups is 1. The lowest BCUT2D eigenvalue weighted by Gasteiger charge is -2.04. The summed E-state index contributed by atoms with van der Waals surface area (Å²) in [4.78, 5) is 4.39. The smallest absolute Gasteiger partial charge is 0.169 e. The Morgan fingerprint density at radius 1 is 1.38 bits per heavy atom. The predicted octanol–water partition coefficient (Wildman–Crippen LogP) is 2.37. The normalized spacial score (nSPS) is 10.4. The first-order chi connectivity index (χ1) is 7.61. The molecule has 0 aliphatic rings. The first kappa shape index (κ1) is 11.1. The number of rotatable bonds is 2. The maximum absolute atomic E-state index is 6.08. The van der Waals surface area contributed by atoms with Crippen LogP contribution in [0.5, 0.6) is 0 Å². The third kappa shape index (κ3) is 1.81. The fourth-order valence-corrected chi connectivity index (χ4v) is 2.09. The molecule has 0 spiro atoms. The van der Waals surface area contributed by atoms with Gasteiger partial charge in [-0.25, -0.2) is 4.98 Å². The fourth-order valence-electron chi connectivity index (χ4n) is 1.59. The van der Waals surface area contributed by atoms with E-state index >= 15 is 0 Å². The quantitative estimate of drug-likeness (QED) is 0.834. The van der Waals surface area contributed by atoms with E-state index in [-0.39, 0.29) is 4.99 Å². The summed E-state index contributed by atoms with van der Waals surface area (Å²) in [6.45, 7) is 0. The summed E-state index contributed by atoms with van der Waals surface area (Å²) in [7, 11) is 1.84. The first-order valence-electron chi connectivity index (χ1n) is 4.68. The van der Waals surface area contributed by atoms with Crippen molar-refractivity contribution in [3.05, 3.63) is 41.3 Å². The van der Waals surface area contributed by atoms with E-state index in [2.05, 4.69) is 4.98 Å². The van der Waals surface area contributed by atoms with Gasteiger partial charge in [0.2, 0.25) is 0 Å². The molecule has 2 rings (SSSR count). The van der Waals surface area contributed by atoms with Crippen molar-refractivity contribution in [2.24, 2.45) is 12.8 Å². The summed E-state index contributed by atoms with van der Waals surface area (Å²) in [5, 5.41) is 0.413. The van der Waals surface area contributed by atoms with Gasteiger partial charge >= 0.3 is 0 Å². The highest BCUT2D eigenvalue weighted by Gasteiger charge is 2.15. The fraction of sp³-hybridized carbons (Fsp3) is 0.0909. The zero-order valence-electron chi connectivity index (χ0n) is 8.64. The standard InChI is InChI=1S/C11H10ClN3S/c1-15-8(7-5-3-2-4-6-7)9(12)14-11(15)10(13)16/h2-6H,1H3,(H2,13,16). The third-order valence-corrected chi connectivity index (χ3v) is 2.77.